The minimum Gasteiger partial charge on any atom is -0.325 e. The zero-order chi connectivity index (χ0) is 16.6. The summed E-state index contributed by atoms with van der Waals surface area (Å²) in [6, 6.07) is 10.3. The van der Waals surface area contributed by atoms with Crippen molar-refractivity contribution in [3.05, 3.63) is 54.1 Å². The number of hydrogen-bond donors (Lipinski definition) is 2. The number of nitrogens with one attached hydrogen (secondary N) is 1. The van der Waals surface area contributed by atoms with E-state index in [1.54, 1.807) is 12.4 Å². The highest BCUT2D eigenvalue weighted by Gasteiger charge is 2.45. The fraction of sp³-hybridized carbons (Fsp3) is 0.222. The second-order valence-corrected chi connectivity index (χ2v) is 6.02. The number of aromatic amines is 1. The summed E-state index contributed by atoms with van der Waals surface area (Å²) in [7, 11) is 0. The fourth-order valence-corrected chi connectivity index (χ4v) is 2.83. The van der Waals surface area contributed by atoms with Crippen molar-refractivity contribution in [2.45, 2.75) is 24.8 Å². The highest BCUT2D eigenvalue weighted by molar-refractivity contribution is 5.85. The van der Waals surface area contributed by atoms with Gasteiger partial charge in [-0.25, -0.2) is 0 Å². The first-order valence-corrected chi connectivity index (χ1v) is 7.83. The molecule has 1 aliphatic rings. The van der Waals surface area contributed by atoms with Crippen molar-refractivity contribution < 1.29 is 0 Å². The third-order valence-corrected chi connectivity index (χ3v) is 4.54. The predicted octanol–water partition coefficient (Wildman–Crippen LogP) is 2.97. The van der Waals surface area contributed by atoms with Crippen LogP contribution in [0.2, 0.25) is 0 Å². The van der Waals surface area contributed by atoms with Crippen molar-refractivity contribution in [1.82, 2.24) is 20.2 Å². The average molecular weight is 353 g/mol. The molecule has 3 aromatic heterocycles. The number of halogens is 1. The van der Waals surface area contributed by atoms with E-state index < -0.39 is 0 Å². The molecule has 3 N–H and O–H groups in total. The quantitative estimate of drug-likeness (QED) is 0.751. The molecule has 0 radical (unpaired) electrons. The number of rotatable bonds is 4. The van der Waals surface area contributed by atoms with Crippen LogP contribution in [0.4, 0.5) is 0 Å². The zero-order valence-corrected chi connectivity index (χ0v) is 14.3. The first-order chi connectivity index (χ1) is 11.8. The van der Waals surface area contributed by atoms with E-state index in [9.17, 15) is 5.26 Å². The van der Waals surface area contributed by atoms with Crippen molar-refractivity contribution >= 4 is 12.4 Å². The third kappa shape index (κ3) is 3.00. The highest BCUT2D eigenvalue weighted by atomic mass is 35.5. The largest absolute Gasteiger partial charge is 0.325 e. The number of pyridine rings is 2. The summed E-state index contributed by atoms with van der Waals surface area (Å²) in [6.45, 7) is 0.391. The minimum absolute atomic E-state index is 0. The van der Waals surface area contributed by atoms with E-state index in [4.69, 9.17) is 5.73 Å². The monoisotopic (exact) mass is 352 g/mol. The van der Waals surface area contributed by atoms with Crippen LogP contribution in [0.5, 0.6) is 0 Å². The molecule has 3 aromatic rings. The van der Waals surface area contributed by atoms with E-state index in [2.05, 4.69) is 26.2 Å². The molecule has 0 unspecified atom stereocenters. The van der Waals surface area contributed by atoms with Crippen LogP contribution in [0.3, 0.4) is 0 Å². The maximum absolute atomic E-state index is 9.26. The molecule has 1 saturated carbocycles. The smallest absolute Gasteiger partial charge is 0.0838 e. The number of nitrogens with two attached hydrogens (primary N) is 1. The van der Waals surface area contributed by atoms with Gasteiger partial charge in [-0.3, -0.25) is 15.1 Å². The molecule has 0 amide bonds. The van der Waals surface area contributed by atoms with Crippen LogP contribution in [-0.4, -0.2) is 20.2 Å². The number of nitrogens with zero attached hydrogens (tertiary/aromatic N) is 4. The summed E-state index contributed by atoms with van der Waals surface area (Å²) in [5.74, 6) is 0. The van der Waals surface area contributed by atoms with Crippen molar-refractivity contribution in [2.24, 2.45) is 5.73 Å². The lowest BCUT2D eigenvalue weighted by molar-refractivity contribution is 0.898. The molecule has 6 nitrogen and oxygen atoms in total. The van der Waals surface area contributed by atoms with Gasteiger partial charge in [0.05, 0.1) is 34.8 Å². The maximum Gasteiger partial charge on any atom is 0.0838 e. The molecule has 0 spiro atoms. The summed E-state index contributed by atoms with van der Waals surface area (Å²) >= 11 is 0. The first-order valence-electron chi connectivity index (χ1n) is 7.83. The van der Waals surface area contributed by atoms with Gasteiger partial charge in [0.1, 0.15) is 0 Å². The summed E-state index contributed by atoms with van der Waals surface area (Å²) in [5, 5.41) is 16.1. The van der Waals surface area contributed by atoms with Crippen molar-refractivity contribution in [2.75, 3.05) is 0 Å². The van der Waals surface area contributed by atoms with Crippen molar-refractivity contribution in [1.29, 1.82) is 5.26 Å². The van der Waals surface area contributed by atoms with Crippen LogP contribution in [0, 0.1) is 11.3 Å². The molecule has 0 saturated heterocycles. The van der Waals surface area contributed by atoms with Crippen LogP contribution >= 0.6 is 12.4 Å². The number of H-pyrrole nitrogens is 1. The van der Waals surface area contributed by atoms with E-state index in [0.717, 1.165) is 46.6 Å². The molecule has 1 fully saturated rings. The Kier molecular flexibility index (Phi) is 4.53. The Labute approximate surface area is 151 Å². The standard InChI is InChI=1S/C18H16N6.ClH/c19-7-17-14(10-23-24-17)16-3-1-12(8-21-16)15-4-2-13(9-22-15)18(11-20)5-6-18;/h1-4,8-10H,5-7,19H2,(H,23,24);1H. The zero-order valence-electron chi connectivity index (χ0n) is 13.4. The number of hydrogen-bond acceptors (Lipinski definition) is 5. The Bertz CT molecular complexity index is 904. The highest BCUT2D eigenvalue weighted by Crippen LogP contribution is 2.47. The molecular weight excluding hydrogens is 336 g/mol. The number of aromatic nitrogens is 4. The second kappa shape index (κ2) is 6.63. The van der Waals surface area contributed by atoms with Crippen molar-refractivity contribution in [3.63, 3.8) is 0 Å². The normalized spacial score (nSPS) is 14.4. The van der Waals surface area contributed by atoms with E-state index in [1.165, 1.54) is 0 Å². The topological polar surface area (TPSA) is 104 Å². The Morgan fingerprint density at radius 1 is 1.08 bits per heavy atom. The van der Waals surface area contributed by atoms with Crippen LogP contribution in [0.15, 0.2) is 42.9 Å². The molecule has 0 aliphatic heterocycles. The fourth-order valence-electron chi connectivity index (χ4n) is 2.83. The molecule has 3 heterocycles. The van der Waals surface area contributed by atoms with Gasteiger partial charge in [-0.2, -0.15) is 10.4 Å². The Balaban J connectivity index is 0.00000182. The lowest BCUT2D eigenvalue weighted by Crippen LogP contribution is -2.03. The van der Waals surface area contributed by atoms with Crippen molar-refractivity contribution in [3.8, 4) is 28.6 Å². The molecular formula is C18H17ClN6. The molecule has 7 heteroatoms. The van der Waals surface area contributed by atoms with Gasteiger partial charge < -0.3 is 5.73 Å². The van der Waals surface area contributed by atoms with Gasteiger partial charge in [-0.05, 0) is 36.6 Å². The molecule has 4 rings (SSSR count). The van der Waals surface area contributed by atoms with Crippen LogP contribution < -0.4 is 5.73 Å². The van der Waals surface area contributed by atoms with Gasteiger partial charge in [-0.1, -0.05) is 6.07 Å². The van der Waals surface area contributed by atoms with Crippen LogP contribution in [-0.2, 0) is 12.0 Å². The Morgan fingerprint density at radius 3 is 2.40 bits per heavy atom. The van der Waals surface area contributed by atoms with Gasteiger partial charge in [0, 0.05) is 30.1 Å². The van der Waals surface area contributed by atoms with Gasteiger partial charge in [0.25, 0.3) is 0 Å². The third-order valence-electron chi connectivity index (χ3n) is 4.54. The molecule has 0 aromatic carbocycles. The van der Waals surface area contributed by atoms with Gasteiger partial charge in [-0.15, -0.1) is 12.4 Å². The summed E-state index contributed by atoms with van der Waals surface area (Å²) in [5.41, 5.74) is 10.8. The van der Waals surface area contributed by atoms with Crippen LogP contribution in [0.1, 0.15) is 24.1 Å². The lowest BCUT2D eigenvalue weighted by Gasteiger charge is -2.07. The Hall–Kier alpha value is -2.75. The molecule has 126 valence electrons. The maximum atomic E-state index is 9.26. The molecule has 0 atom stereocenters. The van der Waals surface area contributed by atoms with E-state index in [1.807, 2.05) is 30.5 Å². The molecule has 1 aliphatic carbocycles. The lowest BCUT2D eigenvalue weighted by atomic mass is 9.99. The van der Waals surface area contributed by atoms with E-state index in [-0.39, 0.29) is 17.8 Å². The number of nitriles is 1. The van der Waals surface area contributed by atoms with E-state index >= 15 is 0 Å². The van der Waals surface area contributed by atoms with Gasteiger partial charge in [0.2, 0.25) is 0 Å². The van der Waals surface area contributed by atoms with E-state index in [0.29, 0.717) is 6.54 Å². The summed E-state index contributed by atoms with van der Waals surface area (Å²) in [6.07, 6.45) is 7.18. The van der Waals surface area contributed by atoms with Gasteiger partial charge in [0.15, 0.2) is 0 Å². The summed E-state index contributed by atoms with van der Waals surface area (Å²) in [4.78, 5) is 9.00. The first kappa shape index (κ1) is 17.1. The average Bonchev–Trinajstić information content (AvgIpc) is 3.31. The predicted molar refractivity (Wildman–Crippen MR) is 96.7 cm³/mol. The van der Waals surface area contributed by atoms with Gasteiger partial charge >= 0.3 is 0 Å². The Morgan fingerprint density at radius 2 is 1.84 bits per heavy atom. The SMILES string of the molecule is Cl.N#CC1(c2ccc(-c3ccc(-c4cn[nH]c4CN)nc3)nc2)CC1. The second-order valence-electron chi connectivity index (χ2n) is 6.02. The molecule has 25 heavy (non-hydrogen) atoms. The minimum atomic E-state index is -0.298. The van der Waals surface area contributed by atoms with Crippen LogP contribution in [0.25, 0.3) is 22.5 Å². The molecule has 0 bridgehead atoms. The summed E-state index contributed by atoms with van der Waals surface area (Å²) < 4.78 is 0.